The van der Waals surface area contributed by atoms with Gasteiger partial charge in [-0.05, 0) is 37.4 Å². The minimum Gasteiger partial charge on any atom is -0.385 e. The van der Waals surface area contributed by atoms with Crippen LogP contribution in [0, 0.1) is 12.8 Å². The first kappa shape index (κ1) is 11.1. The molecular formula is C12H20N2. The number of benzene rings is 1. The van der Waals surface area contributed by atoms with Gasteiger partial charge in [0.15, 0.2) is 0 Å². The number of rotatable bonds is 5. The van der Waals surface area contributed by atoms with Crippen LogP contribution in [-0.4, -0.2) is 13.1 Å². The third-order valence-electron chi connectivity index (χ3n) is 2.45. The second kappa shape index (κ2) is 5.66. The van der Waals surface area contributed by atoms with E-state index >= 15 is 0 Å². The van der Waals surface area contributed by atoms with Crippen molar-refractivity contribution in [3.63, 3.8) is 0 Å². The van der Waals surface area contributed by atoms with Crippen molar-refractivity contribution in [2.45, 2.75) is 20.3 Å². The van der Waals surface area contributed by atoms with Crippen LogP contribution < -0.4 is 11.1 Å². The standard InChI is InChI=1S/C12H20N2/c1-10(7-8-13)9-14-12-6-4-3-5-11(12)2/h3-6,10,14H,7-9,13H2,1-2H3. The highest BCUT2D eigenvalue weighted by Crippen LogP contribution is 2.14. The highest BCUT2D eigenvalue weighted by molar-refractivity contribution is 5.50. The second-order valence-electron chi connectivity index (χ2n) is 3.88. The molecular weight excluding hydrogens is 172 g/mol. The maximum absolute atomic E-state index is 5.50. The SMILES string of the molecule is Cc1ccccc1NCC(C)CCN. The molecule has 1 aromatic rings. The van der Waals surface area contributed by atoms with Crippen LogP contribution in [0.3, 0.4) is 0 Å². The summed E-state index contributed by atoms with van der Waals surface area (Å²) in [6, 6.07) is 8.35. The smallest absolute Gasteiger partial charge is 0.0369 e. The molecule has 0 aliphatic rings. The topological polar surface area (TPSA) is 38.0 Å². The highest BCUT2D eigenvalue weighted by atomic mass is 14.9. The van der Waals surface area contributed by atoms with Crippen LogP contribution in [0.5, 0.6) is 0 Å². The summed E-state index contributed by atoms with van der Waals surface area (Å²) in [6.45, 7) is 6.12. The van der Waals surface area contributed by atoms with E-state index in [0.717, 1.165) is 19.5 Å². The first-order valence-electron chi connectivity index (χ1n) is 5.23. The lowest BCUT2D eigenvalue weighted by Crippen LogP contribution is -2.15. The Kier molecular flexibility index (Phi) is 4.47. The van der Waals surface area contributed by atoms with Crippen LogP contribution in [0.25, 0.3) is 0 Å². The Morgan fingerprint density at radius 1 is 1.36 bits per heavy atom. The lowest BCUT2D eigenvalue weighted by Gasteiger charge is -2.13. The molecule has 2 nitrogen and oxygen atoms in total. The molecule has 1 rings (SSSR count). The lowest BCUT2D eigenvalue weighted by atomic mass is 10.1. The summed E-state index contributed by atoms with van der Waals surface area (Å²) in [5, 5.41) is 3.44. The van der Waals surface area contributed by atoms with Crippen LogP contribution in [-0.2, 0) is 0 Å². The normalized spacial score (nSPS) is 12.5. The van der Waals surface area contributed by atoms with Gasteiger partial charge in [-0.25, -0.2) is 0 Å². The van der Waals surface area contributed by atoms with E-state index in [9.17, 15) is 0 Å². The zero-order valence-corrected chi connectivity index (χ0v) is 9.09. The third-order valence-corrected chi connectivity index (χ3v) is 2.45. The fourth-order valence-corrected chi connectivity index (χ4v) is 1.44. The Balaban J connectivity index is 2.41. The van der Waals surface area contributed by atoms with Crippen molar-refractivity contribution < 1.29 is 0 Å². The van der Waals surface area contributed by atoms with Gasteiger partial charge in [0, 0.05) is 12.2 Å². The van der Waals surface area contributed by atoms with Gasteiger partial charge in [-0.1, -0.05) is 25.1 Å². The molecule has 0 fully saturated rings. The van der Waals surface area contributed by atoms with Crippen LogP contribution >= 0.6 is 0 Å². The number of hydrogen-bond acceptors (Lipinski definition) is 2. The van der Waals surface area contributed by atoms with Crippen molar-refractivity contribution >= 4 is 5.69 Å². The molecule has 0 radical (unpaired) electrons. The van der Waals surface area contributed by atoms with Crippen molar-refractivity contribution in [3.8, 4) is 0 Å². The Morgan fingerprint density at radius 3 is 2.71 bits per heavy atom. The van der Waals surface area contributed by atoms with E-state index in [4.69, 9.17) is 5.73 Å². The van der Waals surface area contributed by atoms with Crippen LogP contribution in [0.2, 0.25) is 0 Å². The van der Waals surface area contributed by atoms with Crippen molar-refractivity contribution in [1.82, 2.24) is 0 Å². The van der Waals surface area contributed by atoms with E-state index in [1.807, 2.05) is 0 Å². The van der Waals surface area contributed by atoms with Gasteiger partial charge in [0.1, 0.15) is 0 Å². The minimum absolute atomic E-state index is 0.639. The van der Waals surface area contributed by atoms with E-state index in [1.165, 1.54) is 11.3 Å². The van der Waals surface area contributed by atoms with Crippen LogP contribution in [0.4, 0.5) is 5.69 Å². The average Bonchev–Trinajstić information content (AvgIpc) is 2.17. The molecule has 1 aromatic carbocycles. The van der Waals surface area contributed by atoms with Gasteiger partial charge < -0.3 is 11.1 Å². The highest BCUT2D eigenvalue weighted by Gasteiger charge is 2.01. The number of para-hydroxylation sites is 1. The van der Waals surface area contributed by atoms with Crippen molar-refractivity contribution in [2.75, 3.05) is 18.4 Å². The van der Waals surface area contributed by atoms with E-state index in [2.05, 4.69) is 43.4 Å². The van der Waals surface area contributed by atoms with Crippen molar-refractivity contribution in [2.24, 2.45) is 11.7 Å². The molecule has 2 heteroatoms. The fourth-order valence-electron chi connectivity index (χ4n) is 1.44. The van der Waals surface area contributed by atoms with Gasteiger partial charge in [0.2, 0.25) is 0 Å². The summed E-state index contributed by atoms with van der Waals surface area (Å²) < 4.78 is 0. The number of nitrogens with two attached hydrogens (primary N) is 1. The van der Waals surface area contributed by atoms with Crippen molar-refractivity contribution in [3.05, 3.63) is 29.8 Å². The summed E-state index contributed by atoms with van der Waals surface area (Å²) >= 11 is 0. The van der Waals surface area contributed by atoms with Gasteiger partial charge in [0.05, 0.1) is 0 Å². The first-order chi connectivity index (χ1) is 6.74. The molecule has 0 aromatic heterocycles. The maximum Gasteiger partial charge on any atom is 0.0369 e. The summed E-state index contributed by atoms with van der Waals surface area (Å²) in [4.78, 5) is 0. The molecule has 0 spiro atoms. The molecule has 14 heavy (non-hydrogen) atoms. The number of hydrogen-bond donors (Lipinski definition) is 2. The summed E-state index contributed by atoms with van der Waals surface area (Å²) in [7, 11) is 0. The summed E-state index contributed by atoms with van der Waals surface area (Å²) in [5.74, 6) is 0.639. The Hall–Kier alpha value is -1.02. The Morgan fingerprint density at radius 2 is 2.07 bits per heavy atom. The Bertz CT molecular complexity index is 271. The molecule has 0 heterocycles. The Labute approximate surface area is 86.5 Å². The minimum atomic E-state index is 0.639. The van der Waals surface area contributed by atoms with Gasteiger partial charge in [-0.2, -0.15) is 0 Å². The molecule has 0 saturated carbocycles. The van der Waals surface area contributed by atoms with E-state index in [1.54, 1.807) is 0 Å². The largest absolute Gasteiger partial charge is 0.385 e. The van der Waals surface area contributed by atoms with Gasteiger partial charge in [-0.3, -0.25) is 0 Å². The summed E-state index contributed by atoms with van der Waals surface area (Å²) in [6.07, 6.45) is 1.08. The fraction of sp³-hybridized carbons (Fsp3) is 0.500. The van der Waals surface area contributed by atoms with E-state index < -0.39 is 0 Å². The molecule has 0 saturated heterocycles. The predicted octanol–water partition coefficient (Wildman–Crippen LogP) is 2.39. The zero-order valence-electron chi connectivity index (χ0n) is 9.09. The zero-order chi connectivity index (χ0) is 10.4. The molecule has 0 amide bonds. The van der Waals surface area contributed by atoms with Gasteiger partial charge in [-0.15, -0.1) is 0 Å². The van der Waals surface area contributed by atoms with E-state index in [-0.39, 0.29) is 0 Å². The first-order valence-corrected chi connectivity index (χ1v) is 5.23. The van der Waals surface area contributed by atoms with Crippen molar-refractivity contribution in [1.29, 1.82) is 0 Å². The quantitative estimate of drug-likeness (QED) is 0.751. The molecule has 0 aliphatic carbocycles. The molecule has 0 bridgehead atoms. The predicted molar refractivity (Wildman–Crippen MR) is 62.5 cm³/mol. The van der Waals surface area contributed by atoms with Crippen LogP contribution in [0.15, 0.2) is 24.3 Å². The maximum atomic E-state index is 5.50. The molecule has 0 aliphatic heterocycles. The molecule has 1 atom stereocenters. The monoisotopic (exact) mass is 192 g/mol. The van der Waals surface area contributed by atoms with E-state index in [0.29, 0.717) is 5.92 Å². The van der Waals surface area contributed by atoms with Gasteiger partial charge >= 0.3 is 0 Å². The summed E-state index contributed by atoms with van der Waals surface area (Å²) in [5.41, 5.74) is 8.03. The number of anilines is 1. The molecule has 78 valence electrons. The number of nitrogens with one attached hydrogen (secondary N) is 1. The van der Waals surface area contributed by atoms with Gasteiger partial charge in [0.25, 0.3) is 0 Å². The third kappa shape index (κ3) is 3.38. The average molecular weight is 192 g/mol. The molecule has 3 N–H and O–H groups in total. The lowest BCUT2D eigenvalue weighted by molar-refractivity contribution is 0.568. The number of aryl methyl sites for hydroxylation is 1. The second-order valence-corrected chi connectivity index (χ2v) is 3.88. The van der Waals surface area contributed by atoms with Crippen LogP contribution in [0.1, 0.15) is 18.9 Å². The molecule has 1 unspecified atom stereocenters.